The van der Waals surface area contributed by atoms with Gasteiger partial charge in [-0.05, 0) is 6.92 Å². The molecule has 17 heavy (non-hydrogen) atoms. The molecular formula is C8H5F6NO2. The first-order valence-electron chi connectivity index (χ1n) is 4.04. The van der Waals surface area contributed by atoms with E-state index >= 15 is 0 Å². The molecule has 0 aliphatic carbocycles. The van der Waals surface area contributed by atoms with Crippen LogP contribution in [0.4, 0.5) is 26.3 Å². The predicted octanol–water partition coefficient (Wildman–Crippen LogP) is 3.01. The van der Waals surface area contributed by atoms with E-state index in [2.05, 4.69) is 9.72 Å². The summed E-state index contributed by atoms with van der Waals surface area (Å²) in [4.78, 5) is 2.82. The molecule has 0 atom stereocenters. The second-order valence-electron chi connectivity index (χ2n) is 2.99. The zero-order chi connectivity index (χ0) is 13.4. The van der Waals surface area contributed by atoms with Crippen LogP contribution in [0.1, 0.15) is 11.3 Å². The van der Waals surface area contributed by atoms with Crippen molar-refractivity contribution in [2.75, 3.05) is 0 Å². The van der Waals surface area contributed by atoms with Crippen LogP contribution < -0.4 is 4.74 Å². The largest absolute Gasteiger partial charge is 0.573 e. The van der Waals surface area contributed by atoms with Gasteiger partial charge in [-0.1, -0.05) is 0 Å². The minimum Gasteiger partial charge on any atom is -0.503 e. The number of rotatable bonds is 1. The third kappa shape index (κ3) is 3.14. The highest BCUT2D eigenvalue weighted by Gasteiger charge is 2.39. The number of aromatic nitrogens is 1. The van der Waals surface area contributed by atoms with E-state index in [-0.39, 0.29) is 6.20 Å². The highest BCUT2D eigenvalue weighted by Crippen LogP contribution is 2.40. The number of nitrogens with zero attached hydrogens (tertiary/aromatic N) is 1. The molecule has 1 aromatic heterocycles. The summed E-state index contributed by atoms with van der Waals surface area (Å²) in [6.07, 6.45) is -9.88. The molecule has 0 amide bonds. The van der Waals surface area contributed by atoms with Gasteiger partial charge in [0, 0.05) is 5.56 Å². The monoisotopic (exact) mass is 261 g/mol. The maximum absolute atomic E-state index is 12.3. The summed E-state index contributed by atoms with van der Waals surface area (Å²) in [5.74, 6) is -2.42. The van der Waals surface area contributed by atoms with E-state index in [0.717, 1.165) is 6.92 Å². The summed E-state index contributed by atoms with van der Waals surface area (Å²) in [6.45, 7) is 0.719. The van der Waals surface area contributed by atoms with Crippen LogP contribution in [-0.2, 0) is 6.18 Å². The van der Waals surface area contributed by atoms with Crippen LogP contribution in [-0.4, -0.2) is 16.5 Å². The van der Waals surface area contributed by atoms with Crippen LogP contribution in [0, 0.1) is 6.92 Å². The molecule has 0 aromatic carbocycles. The number of hydrogen-bond donors (Lipinski definition) is 1. The first-order valence-corrected chi connectivity index (χ1v) is 4.04. The van der Waals surface area contributed by atoms with Gasteiger partial charge in [0.1, 0.15) is 0 Å². The average molecular weight is 261 g/mol. The smallest absolute Gasteiger partial charge is 0.503 e. The van der Waals surface area contributed by atoms with E-state index < -0.39 is 35.3 Å². The lowest BCUT2D eigenvalue weighted by Crippen LogP contribution is -2.19. The van der Waals surface area contributed by atoms with Crippen molar-refractivity contribution in [3.05, 3.63) is 17.5 Å². The fourth-order valence-electron chi connectivity index (χ4n) is 1.11. The molecule has 0 unspecified atom stereocenters. The highest BCUT2D eigenvalue weighted by atomic mass is 19.4. The van der Waals surface area contributed by atoms with Gasteiger partial charge in [-0.25, -0.2) is 4.98 Å². The van der Waals surface area contributed by atoms with Gasteiger partial charge >= 0.3 is 12.5 Å². The first-order chi connectivity index (χ1) is 7.52. The molecule has 1 aromatic rings. The SMILES string of the molecule is Cc1c(C(F)(F)F)ncc(O)c1OC(F)(F)F. The Bertz CT molecular complexity index is 425. The van der Waals surface area contributed by atoms with Gasteiger partial charge in [-0.3, -0.25) is 0 Å². The summed E-state index contributed by atoms with van der Waals surface area (Å²) in [5, 5.41) is 8.99. The minimum absolute atomic E-state index is 0.247. The van der Waals surface area contributed by atoms with Gasteiger partial charge in [-0.2, -0.15) is 13.2 Å². The normalized spacial score (nSPS) is 12.6. The fraction of sp³-hybridized carbons (Fsp3) is 0.375. The van der Waals surface area contributed by atoms with Gasteiger partial charge in [-0.15, -0.1) is 13.2 Å². The third-order valence-electron chi connectivity index (χ3n) is 1.73. The molecule has 1 rings (SSSR count). The topological polar surface area (TPSA) is 42.4 Å². The molecule has 0 radical (unpaired) electrons. The molecule has 0 aliphatic rings. The second kappa shape index (κ2) is 3.97. The Morgan fingerprint density at radius 1 is 1.18 bits per heavy atom. The van der Waals surface area contributed by atoms with Crippen molar-refractivity contribution in [1.82, 2.24) is 4.98 Å². The van der Waals surface area contributed by atoms with Gasteiger partial charge < -0.3 is 9.84 Å². The molecule has 0 saturated heterocycles. The number of pyridine rings is 1. The molecule has 0 bridgehead atoms. The lowest BCUT2D eigenvalue weighted by atomic mass is 10.2. The van der Waals surface area contributed by atoms with E-state index in [1.54, 1.807) is 0 Å². The standard InChI is InChI=1S/C8H5F6NO2/c1-3-5(17-8(12,13)14)4(16)2-15-6(3)7(9,10)11/h2,16H,1H3. The molecule has 1 heterocycles. The van der Waals surface area contributed by atoms with Crippen LogP contribution >= 0.6 is 0 Å². The van der Waals surface area contributed by atoms with E-state index in [0.29, 0.717) is 0 Å². The average Bonchev–Trinajstić information content (AvgIpc) is 2.08. The summed E-state index contributed by atoms with van der Waals surface area (Å²) in [6, 6.07) is 0. The fourth-order valence-corrected chi connectivity index (χ4v) is 1.11. The lowest BCUT2D eigenvalue weighted by Gasteiger charge is -2.15. The van der Waals surface area contributed by atoms with Crippen molar-refractivity contribution < 1.29 is 36.2 Å². The number of aromatic hydroxyl groups is 1. The Kier molecular flexibility index (Phi) is 3.13. The first kappa shape index (κ1) is 13.4. The van der Waals surface area contributed by atoms with Crippen molar-refractivity contribution in [3.8, 4) is 11.5 Å². The van der Waals surface area contributed by atoms with Crippen molar-refractivity contribution in [2.45, 2.75) is 19.5 Å². The molecule has 0 fully saturated rings. The molecule has 0 spiro atoms. The van der Waals surface area contributed by atoms with Crippen LogP contribution in [0.3, 0.4) is 0 Å². The quantitative estimate of drug-likeness (QED) is 0.790. The van der Waals surface area contributed by atoms with E-state index in [4.69, 9.17) is 5.11 Å². The minimum atomic E-state index is -5.20. The number of halogens is 6. The Hall–Kier alpha value is -1.67. The predicted molar refractivity (Wildman–Crippen MR) is 42.3 cm³/mol. The van der Waals surface area contributed by atoms with Gasteiger partial charge in [0.05, 0.1) is 6.20 Å². The summed E-state index contributed by atoms with van der Waals surface area (Å²) in [5.41, 5.74) is -2.48. The third-order valence-corrected chi connectivity index (χ3v) is 1.73. The number of ether oxygens (including phenoxy) is 1. The van der Waals surface area contributed by atoms with Crippen LogP contribution in [0.5, 0.6) is 11.5 Å². The van der Waals surface area contributed by atoms with Gasteiger partial charge in [0.2, 0.25) is 0 Å². The van der Waals surface area contributed by atoms with E-state index in [1.807, 2.05) is 0 Å². The second-order valence-corrected chi connectivity index (χ2v) is 2.99. The number of hydrogen-bond acceptors (Lipinski definition) is 3. The summed E-state index contributed by atoms with van der Waals surface area (Å²) < 4.78 is 75.9. The van der Waals surface area contributed by atoms with E-state index in [9.17, 15) is 26.3 Å². The van der Waals surface area contributed by atoms with Crippen molar-refractivity contribution in [2.24, 2.45) is 0 Å². The van der Waals surface area contributed by atoms with Crippen LogP contribution in [0.2, 0.25) is 0 Å². The molecular weight excluding hydrogens is 256 g/mol. The number of alkyl halides is 6. The van der Waals surface area contributed by atoms with Crippen molar-refractivity contribution in [1.29, 1.82) is 0 Å². The van der Waals surface area contributed by atoms with Gasteiger partial charge in [0.15, 0.2) is 17.2 Å². The van der Waals surface area contributed by atoms with Crippen LogP contribution in [0.25, 0.3) is 0 Å². The Morgan fingerprint density at radius 2 is 1.71 bits per heavy atom. The lowest BCUT2D eigenvalue weighted by molar-refractivity contribution is -0.275. The zero-order valence-corrected chi connectivity index (χ0v) is 8.15. The molecule has 96 valence electrons. The maximum Gasteiger partial charge on any atom is 0.573 e. The zero-order valence-electron chi connectivity index (χ0n) is 8.15. The highest BCUT2D eigenvalue weighted by molar-refractivity contribution is 5.46. The summed E-state index contributed by atoms with van der Waals surface area (Å²) >= 11 is 0. The maximum atomic E-state index is 12.3. The van der Waals surface area contributed by atoms with Gasteiger partial charge in [0.25, 0.3) is 0 Å². The van der Waals surface area contributed by atoms with Crippen molar-refractivity contribution in [3.63, 3.8) is 0 Å². The Balaban J connectivity index is 3.31. The molecule has 0 saturated carbocycles. The van der Waals surface area contributed by atoms with Crippen molar-refractivity contribution >= 4 is 0 Å². The Labute approximate surface area is 90.6 Å². The molecule has 0 aliphatic heterocycles. The molecule has 9 heteroatoms. The molecule has 3 nitrogen and oxygen atoms in total. The summed E-state index contributed by atoms with van der Waals surface area (Å²) in [7, 11) is 0. The van der Waals surface area contributed by atoms with E-state index in [1.165, 1.54) is 0 Å². The molecule has 1 N–H and O–H groups in total. The van der Waals surface area contributed by atoms with Crippen LogP contribution in [0.15, 0.2) is 6.20 Å². The Morgan fingerprint density at radius 3 is 2.12 bits per heavy atom.